The molecule has 1 saturated carbocycles. The van der Waals surface area contributed by atoms with Gasteiger partial charge < -0.3 is 15.3 Å². The number of halogens is 1. The number of fused-ring (bicyclic) bond motifs is 1. The average molecular weight is 451 g/mol. The number of anilines is 1. The molecule has 0 unspecified atom stereocenters. The van der Waals surface area contributed by atoms with Gasteiger partial charge in [-0.1, -0.05) is 35.9 Å². The topological polar surface area (TPSA) is 87.5 Å². The fraction of sp³-hybridized carbons (Fsp3) is 0.292. The fourth-order valence-corrected chi connectivity index (χ4v) is 4.55. The molecular weight excluding hydrogens is 428 g/mol. The summed E-state index contributed by atoms with van der Waals surface area (Å²) in [4.78, 5) is 26.8. The first-order valence-electron chi connectivity index (χ1n) is 10.6. The standard InChI is InChI=1S/C24H23ClN4O3/c1-15-20(21(30)26-24(10-11-24)18-6-4-17(5-7-18)23(31)32)22-28(12-13-29(22)27-15)14-16-2-8-19(25)9-3-16/h2-9H,10-14H2,1H3,(H,26,30)(H,31,32). The number of carboxylic acids is 1. The van der Waals surface area contributed by atoms with Crippen molar-refractivity contribution in [3.05, 3.63) is 81.5 Å². The molecule has 2 heterocycles. The molecule has 7 nitrogen and oxygen atoms in total. The molecule has 8 heteroatoms. The van der Waals surface area contributed by atoms with Crippen LogP contribution in [0.1, 0.15) is 50.4 Å². The molecule has 164 valence electrons. The summed E-state index contributed by atoms with van der Waals surface area (Å²) in [5.74, 6) is -0.268. The molecule has 5 rings (SSSR count). The first-order valence-corrected chi connectivity index (χ1v) is 11.0. The number of nitrogens with zero attached hydrogens (tertiary/aromatic N) is 3. The van der Waals surface area contributed by atoms with Crippen LogP contribution in [0.5, 0.6) is 0 Å². The number of aryl methyl sites for hydroxylation is 1. The molecule has 2 aliphatic rings. The molecule has 1 aliphatic heterocycles. The normalized spacial score (nSPS) is 16.0. The smallest absolute Gasteiger partial charge is 0.335 e. The van der Waals surface area contributed by atoms with E-state index in [0.29, 0.717) is 22.8 Å². The summed E-state index contributed by atoms with van der Waals surface area (Å²) in [6, 6.07) is 14.5. The lowest BCUT2D eigenvalue weighted by molar-refractivity contribution is 0.0696. The van der Waals surface area contributed by atoms with E-state index in [9.17, 15) is 9.59 Å². The summed E-state index contributed by atoms with van der Waals surface area (Å²) in [7, 11) is 0. The number of carbonyl (C=O) groups is 2. The van der Waals surface area contributed by atoms with E-state index in [1.807, 2.05) is 35.9 Å². The Morgan fingerprint density at radius 3 is 2.41 bits per heavy atom. The van der Waals surface area contributed by atoms with Crippen LogP contribution in [0.25, 0.3) is 0 Å². The predicted octanol–water partition coefficient (Wildman–Crippen LogP) is 3.98. The number of aromatic nitrogens is 2. The van der Waals surface area contributed by atoms with Gasteiger partial charge in [0.05, 0.1) is 23.3 Å². The number of nitrogens with one attached hydrogen (secondary N) is 1. The Labute approximate surface area is 190 Å². The summed E-state index contributed by atoms with van der Waals surface area (Å²) in [5, 5.41) is 17.6. The molecule has 0 bridgehead atoms. The van der Waals surface area contributed by atoms with Crippen molar-refractivity contribution in [1.82, 2.24) is 15.1 Å². The first kappa shape index (κ1) is 20.6. The maximum atomic E-state index is 13.4. The van der Waals surface area contributed by atoms with E-state index < -0.39 is 11.5 Å². The van der Waals surface area contributed by atoms with E-state index in [4.69, 9.17) is 16.7 Å². The summed E-state index contributed by atoms with van der Waals surface area (Å²) in [5.41, 5.74) is 3.13. The highest BCUT2D eigenvalue weighted by atomic mass is 35.5. The summed E-state index contributed by atoms with van der Waals surface area (Å²) in [6.45, 7) is 4.05. The van der Waals surface area contributed by atoms with Crippen LogP contribution in [0.2, 0.25) is 5.02 Å². The molecule has 1 fully saturated rings. The minimum Gasteiger partial charge on any atom is -0.478 e. The molecule has 0 spiro atoms. The van der Waals surface area contributed by atoms with Crippen molar-refractivity contribution >= 4 is 29.3 Å². The van der Waals surface area contributed by atoms with Gasteiger partial charge in [0, 0.05) is 18.1 Å². The molecule has 1 amide bonds. The van der Waals surface area contributed by atoms with Crippen molar-refractivity contribution in [3.63, 3.8) is 0 Å². The predicted molar refractivity (Wildman–Crippen MR) is 121 cm³/mol. The van der Waals surface area contributed by atoms with Crippen LogP contribution in [0, 0.1) is 6.92 Å². The molecule has 3 aromatic rings. The maximum Gasteiger partial charge on any atom is 0.335 e. The number of aromatic carboxylic acids is 1. The highest BCUT2D eigenvalue weighted by molar-refractivity contribution is 6.30. The lowest BCUT2D eigenvalue weighted by Crippen LogP contribution is -2.36. The Balaban J connectivity index is 1.39. The number of carboxylic acid groups (broad SMARTS) is 1. The van der Waals surface area contributed by atoms with Gasteiger partial charge in [0.25, 0.3) is 5.91 Å². The summed E-state index contributed by atoms with van der Waals surface area (Å²) < 4.78 is 1.90. The second kappa shape index (κ2) is 7.67. The van der Waals surface area contributed by atoms with E-state index in [-0.39, 0.29) is 11.5 Å². The third-order valence-electron chi connectivity index (χ3n) is 6.28. The number of hydrogen-bond acceptors (Lipinski definition) is 4. The molecule has 1 aliphatic carbocycles. The molecule has 2 N–H and O–H groups in total. The van der Waals surface area contributed by atoms with Crippen LogP contribution in [-0.4, -0.2) is 33.3 Å². The molecule has 2 aromatic carbocycles. The van der Waals surface area contributed by atoms with Gasteiger partial charge in [-0.05, 0) is 55.2 Å². The SMILES string of the molecule is Cc1nn2c(c1C(=O)NC1(c3ccc(C(=O)O)cc3)CC1)N(Cc1ccc(Cl)cc1)CC2. The van der Waals surface area contributed by atoms with Gasteiger partial charge in [-0.3, -0.25) is 4.79 Å². The summed E-state index contributed by atoms with van der Waals surface area (Å²) >= 11 is 6.01. The zero-order valence-corrected chi connectivity index (χ0v) is 18.4. The largest absolute Gasteiger partial charge is 0.478 e. The molecule has 0 radical (unpaired) electrons. The van der Waals surface area contributed by atoms with Crippen LogP contribution in [0.4, 0.5) is 5.82 Å². The van der Waals surface area contributed by atoms with Crippen molar-refractivity contribution in [2.75, 3.05) is 11.4 Å². The Morgan fingerprint density at radius 2 is 1.78 bits per heavy atom. The zero-order chi connectivity index (χ0) is 22.5. The van der Waals surface area contributed by atoms with Gasteiger partial charge in [0.2, 0.25) is 0 Å². The Bertz CT molecular complexity index is 1200. The van der Waals surface area contributed by atoms with Gasteiger partial charge >= 0.3 is 5.97 Å². The minimum absolute atomic E-state index is 0.147. The van der Waals surface area contributed by atoms with E-state index in [1.165, 1.54) is 0 Å². The fourth-order valence-electron chi connectivity index (χ4n) is 4.42. The van der Waals surface area contributed by atoms with Gasteiger partial charge in [0.1, 0.15) is 11.4 Å². The quantitative estimate of drug-likeness (QED) is 0.593. The average Bonchev–Trinajstić information content (AvgIpc) is 3.34. The third kappa shape index (κ3) is 3.62. The molecule has 1 aromatic heterocycles. The number of rotatable bonds is 6. The summed E-state index contributed by atoms with van der Waals surface area (Å²) in [6.07, 6.45) is 1.64. The van der Waals surface area contributed by atoms with Crippen LogP contribution in [-0.2, 0) is 18.6 Å². The molecule has 0 saturated heterocycles. The monoisotopic (exact) mass is 450 g/mol. The molecule has 32 heavy (non-hydrogen) atoms. The van der Waals surface area contributed by atoms with E-state index in [2.05, 4.69) is 15.3 Å². The Morgan fingerprint density at radius 1 is 1.09 bits per heavy atom. The lowest BCUT2D eigenvalue weighted by atomic mass is 10.0. The van der Waals surface area contributed by atoms with Crippen LogP contribution < -0.4 is 10.2 Å². The van der Waals surface area contributed by atoms with Crippen molar-refractivity contribution in [3.8, 4) is 0 Å². The van der Waals surface area contributed by atoms with E-state index in [1.54, 1.807) is 24.3 Å². The van der Waals surface area contributed by atoms with Gasteiger partial charge in [-0.15, -0.1) is 0 Å². The van der Waals surface area contributed by atoms with Crippen molar-refractivity contribution in [2.45, 2.75) is 38.4 Å². The Kier molecular flexibility index (Phi) is 4.93. The Hall–Kier alpha value is -3.32. The number of benzene rings is 2. The number of carbonyl (C=O) groups excluding carboxylic acids is 1. The second-order valence-electron chi connectivity index (χ2n) is 8.47. The number of amides is 1. The van der Waals surface area contributed by atoms with Crippen molar-refractivity contribution in [1.29, 1.82) is 0 Å². The highest BCUT2D eigenvalue weighted by Gasteiger charge is 2.46. The van der Waals surface area contributed by atoms with Gasteiger partial charge in [0.15, 0.2) is 0 Å². The lowest BCUT2D eigenvalue weighted by Gasteiger charge is -2.22. The number of hydrogen-bond donors (Lipinski definition) is 2. The van der Waals surface area contributed by atoms with Crippen molar-refractivity contribution in [2.24, 2.45) is 0 Å². The first-order chi connectivity index (χ1) is 15.4. The molecular formula is C24H23ClN4O3. The molecule has 0 atom stereocenters. The van der Waals surface area contributed by atoms with Gasteiger partial charge in [-0.25, -0.2) is 9.48 Å². The zero-order valence-electron chi connectivity index (χ0n) is 17.6. The minimum atomic E-state index is -0.961. The van der Waals surface area contributed by atoms with Crippen molar-refractivity contribution < 1.29 is 14.7 Å². The third-order valence-corrected chi connectivity index (χ3v) is 6.53. The van der Waals surface area contributed by atoms with Crippen LogP contribution >= 0.6 is 11.6 Å². The maximum absolute atomic E-state index is 13.4. The second-order valence-corrected chi connectivity index (χ2v) is 8.91. The van der Waals surface area contributed by atoms with E-state index in [0.717, 1.165) is 42.9 Å². The van der Waals surface area contributed by atoms with Crippen LogP contribution in [0.3, 0.4) is 0 Å². The van der Waals surface area contributed by atoms with Crippen LogP contribution in [0.15, 0.2) is 48.5 Å². The van der Waals surface area contributed by atoms with Gasteiger partial charge in [-0.2, -0.15) is 5.10 Å². The highest BCUT2D eigenvalue weighted by Crippen LogP contribution is 2.46. The van der Waals surface area contributed by atoms with E-state index >= 15 is 0 Å².